The van der Waals surface area contributed by atoms with E-state index in [-0.39, 0.29) is 17.7 Å². The molecule has 104 valence electrons. The molecular weight excluding hydrogens is 269 g/mol. The molecule has 0 aliphatic heterocycles. The zero-order chi connectivity index (χ0) is 14.5. The van der Waals surface area contributed by atoms with Gasteiger partial charge in [-0.3, -0.25) is 0 Å². The standard InChI is InChI=1S/C15H11F3O2/c16-15(17,18)14(20)12-4-2-1-3-10(12)11-6-5-9(8-19)7-13(11)14/h1-7,19-20H,8H2/t14-/m1/s1. The van der Waals surface area contributed by atoms with Gasteiger partial charge in [0.1, 0.15) is 0 Å². The van der Waals surface area contributed by atoms with E-state index in [1.165, 1.54) is 24.3 Å². The van der Waals surface area contributed by atoms with Crippen LogP contribution in [0.3, 0.4) is 0 Å². The van der Waals surface area contributed by atoms with E-state index in [4.69, 9.17) is 5.11 Å². The Morgan fingerprint density at radius 3 is 2.25 bits per heavy atom. The minimum Gasteiger partial charge on any atom is -0.392 e. The highest BCUT2D eigenvalue weighted by Gasteiger charge is 2.60. The zero-order valence-corrected chi connectivity index (χ0v) is 10.3. The average Bonchev–Trinajstić information content (AvgIpc) is 2.70. The number of benzene rings is 2. The van der Waals surface area contributed by atoms with Gasteiger partial charge in [0.2, 0.25) is 5.60 Å². The lowest BCUT2D eigenvalue weighted by atomic mass is 9.90. The van der Waals surface area contributed by atoms with Gasteiger partial charge in [0.25, 0.3) is 0 Å². The van der Waals surface area contributed by atoms with Crippen molar-refractivity contribution < 1.29 is 23.4 Å². The van der Waals surface area contributed by atoms with Gasteiger partial charge in [-0.2, -0.15) is 13.2 Å². The molecule has 2 N–H and O–H groups in total. The Labute approximate surface area is 113 Å². The highest BCUT2D eigenvalue weighted by molar-refractivity contribution is 5.80. The summed E-state index contributed by atoms with van der Waals surface area (Å²) >= 11 is 0. The van der Waals surface area contributed by atoms with Crippen LogP contribution in [0.5, 0.6) is 0 Å². The van der Waals surface area contributed by atoms with Gasteiger partial charge >= 0.3 is 6.18 Å². The van der Waals surface area contributed by atoms with Crippen molar-refractivity contribution in [2.45, 2.75) is 18.4 Å². The second-order valence-corrected chi connectivity index (χ2v) is 4.79. The molecule has 0 saturated heterocycles. The van der Waals surface area contributed by atoms with Crippen molar-refractivity contribution in [2.24, 2.45) is 0 Å². The number of hydrogen-bond acceptors (Lipinski definition) is 2. The van der Waals surface area contributed by atoms with Crippen LogP contribution >= 0.6 is 0 Å². The van der Waals surface area contributed by atoms with Crippen LogP contribution in [0, 0.1) is 0 Å². The smallest absolute Gasteiger partial charge is 0.392 e. The fourth-order valence-corrected chi connectivity index (χ4v) is 2.71. The number of aliphatic hydroxyl groups excluding tert-OH is 1. The van der Waals surface area contributed by atoms with E-state index in [2.05, 4.69) is 0 Å². The third kappa shape index (κ3) is 1.53. The molecule has 0 bridgehead atoms. The van der Waals surface area contributed by atoms with Crippen LogP contribution < -0.4 is 0 Å². The normalized spacial score (nSPS) is 20.6. The Balaban J connectivity index is 2.37. The van der Waals surface area contributed by atoms with Crippen LogP contribution in [-0.4, -0.2) is 16.4 Å². The molecule has 20 heavy (non-hydrogen) atoms. The molecule has 1 aliphatic carbocycles. The molecule has 3 rings (SSSR count). The van der Waals surface area contributed by atoms with Crippen LogP contribution in [0.15, 0.2) is 42.5 Å². The highest BCUT2D eigenvalue weighted by atomic mass is 19.4. The zero-order valence-electron chi connectivity index (χ0n) is 10.3. The van der Waals surface area contributed by atoms with Gasteiger partial charge in [0.05, 0.1) is 6.61 Å². The molecule has 0 aromatic heterocycles. The summed E-state index contributed by atoms with van der Waals surface area (Å²) in [5, 5.41) is 19.4. The Kier molecular flexibility index (Phi) is 2.68. The average molecular weight is 280 g/mol. The first-order valence-electron chi connectivity index (χ1n) is 6.03. The van der Waals surface area contributed by atoms with Crippen molar-refractivity contribution >= 4 is 0 Å². The Morgan fingerprint density at radius 2 is 1.60 bits per heavy atom. The molecular formula is C15H11F3O2. The van der Waals surface area contributed by atoms with Gasteiger partial charge in [-0.1, -0.05) is 36.4 Å². The SMILES string of the molecule is OCc1ccc2c(c1)[C@@](O)(C(F)(F)F)c1ccccc1-2. The lowest BCUT2D eigenvalue weighted by Gasteiger charge is -2.28. The summed E-state index contributed by atoms with van der Waals surface area (Å²) in [4.78, 5) is 0. The van der Waals surface area contributed by atoms with Gasteiger partial charge in [-0.15, -0.1) is 0 Å². The molecule has 5 heteroatoms. The Hall–Kier alpha value is -1.85. The quantitative estimate of drug-likeness (QED) is 0.843. The third-order valence-corrected chi connectivity index (χ3v) is 3.67. The predicted octanol–water partition coefficient (Wildman–Crippen LogP) is 2.96. The second-order valence-electron chi connectivity index (χ2n) is 4.79. The van der Waals surface area contributed by atoms with Crippen molar-refractivity contribution in [3.05, 3.63) is 59.2 Å². The van der Waals surface area contributed by atoms with E-state index in [0.717, 1.165) is 0 Å². The van der Waals surface area contributed by atoms with Crippen LogP contribution in [0.2, 0.25) is 0 Å². The molecule has 0 fully saturated rings. The number of halogens is 3. The predicted molar refractivity (Wildman–Crippen MR) is 66.9 cm³/mol. The fourth-order valence-electron chi connectivity index (χ4n) is 2.71. The second kappa shape index (κ2) is 4.07. The first kappa shape index (κ1) is 13.1. The van der Waals surface area contributed by atoms with Crippen molar-refractivity contribution in [3.8, 4) is 11.1 Å². The topological polar surface area (TPSA) is 40.5 Å². The van der Waals surface area contributed by atoms with Gasteiger partial charge < -0.3 is 10.2 Å². The molecule has 1 aliphatic rings. The van der Waals surface area contributed by atoms with Gasteiger partial charge in [-0.05, 0) is 22.8 Å². The summed E-state index contributed by atoms with van der Waals surface area (Å²) in [5.41, 5.74) is -2.37. The van der Waals surface area contributed by atoms with Gasteiger partial charge in [0, 0.05) is 11.1 Å². The number of hydrogen-bond donors (Lipinski definition) is 2. The van der Waals surface area contributed by atoms with E-state index >= 15 is 0 Å². The molecule has 0 saturated carbocycles. The first-order valence-corrected chi connectivity index (χ1v) is 6.03. The molecule has 1 atom stereocenters. The third-order valence-electron chi connectivity index (χ3n) is 3.67. The van der Waals surface area contributed by atoms with Gasteiger partial charge in [0.15, 0.2) is 0 Å². The number of rotatable bonds is 1. The van der Waals surface area contributed by atoms with Crippen LogP contribution in [0.4, 0.5) is 13.2 Å². The van der Waals surface area contributed by atoms with Crippen molar-refractivity contribution in [2.75, 3.05) is 0 Å². The molecule has 2 nitrogen and oxygen atoms in total. The summed E-state index contributed by atoms with van der Waals surface area (Å²) in [5.74, 6) is 0. The van der Waals surface area contributed by atoms with Crippen LogP contribution in [0.1, 0.15) is 16.7 Å². The summed E-state index contributed by atoms with van der Waals surface area (Å²) in [7, 11) is 0. The summed E-state index contributed by atoms with van der Waals surface area (Å²) in [6.07, 6.45) is -4.83. The van der Waals surface area contributed by atoms with Crippen molar-refractivity contribution in [1.82, 2.24) is 0 Å². The maximum absolute atomic E-state index is 13.4. The molecule has 0 heterocycles. The maximum atomic E-state index is 13.4. The van der Waals surface area contributed by atoms with E-state index < -0.39 is 11.8 Å². The maximum Gasteiger partial charge on any atom is 0.425 e. The Bertz CT molecular complexity index is 679. The molecule has 0 spiro atoms. The van der Waals surface area contributed by atoms with E-state index in [1.807, 2.05) is 0 Å². The minimum atomic E-state index is -4.83. The Morgan fingerprint density at radius 1 is 0.950 bits per heavy atom. The number of fused-ring (bicyclic) bond motifs is 3. The molecule has 0 amide bonds. The monoisotopic (exact) mass is 280 g/mol. The lowest BCUT2D eigenvalue weighted by molar-refractivity contribution is -0.246. The largest absolute Gasteiger partial charge is 0.425 e. The first-order chi connectivity index (χ1) is 9.39. The summed E-state index contributed by atoms with van der Waals surface area (Å²) in [6.45, 7) is -0.377. The van der Waals surface area contributed by atoms with Crippen LogP contribution in [-0.2, 0) is 12.2 Å². The van der Waals surface area contributed by atoms with E-state index in [9.17, 15) is 18.3 Å². The van der Waals surface area contributed by atoms with E-state index in [1.54, 1.807) is 18.2 Å². The highest BCUT2D eigenvalue weighted by Crippen LogP contribution is 2.54. The molecule has 0 unspecified atom stereocenters. The van der Waals surface area contributed by atoms with E-state index in [0.29, 0.717) is 16.7 Å². The fraction of sp³-hybridized carbons (Fsp3) is 0.200. The van der Waals surface area contributed by atoms with Crippen molar-refractivity contribution in [1.29, 1.82) is 0 Å². The number of alkyl halides is 3. The molecule has 2 aromatic rings. The summed E-state index contributed by atoms with van der Waals surface area (Å²) < 4.78 is 40.3. The van der Waals surface area contributed by atoms with Crippen molar-refractivity contribution in [3.63, 3.8) is 0 Å². The van der Waals surface area contributed by atoms with Crippen LogP contribution in [0.25, 0.3) is 11.1 Å². The van der Waals surface area contributed by atoms with Gasteiger partial charge in [-0.25, -0.2) is 0 Å². The summed E-state index contributed by atoms with van der Waals surface area (Å²) in [6, 6.07) is 10.2. The number of aliphatic hydroxyl groups is 2. The minimum absolute atomic E-state index is 0.169. The molecule has 0 radical (unpaired) electrons. The lowest BCUT2D eigenvalue weighted by Crippen LogP contribution is -2.41. The molecule has 2 aromatic carbocycles.